The van der Waals surface area contributed by atoms with Crippen LogP contribution in [0.3, 0.4) is 0 Å². The number of hydrogen-bond donors (Lipinski definition) is 1. The van der Waals surface area contributed by atoms with Gasteiger partial charge in [0.05, 0.1) is 7.11 Å². The van der Waals surface area contributed by atoms with Crippen molar-refractivity contribution in [2.24, 2.45) is 0 Å². The predicted molar refractivity (Wildman–Crippen MR) is 84.1 cm³/mol. The van der Waals surface area contributed by atoms with Crippen LogP contribution in [0.25, 0.3) is 0 Å². The van der Waals surface area contributed by atoms with E-state index >= 15 is 0 Å². The number of methoxy groups -OCH3 is 1. The molecule has 0 radical (unpaired) electrons. The van der Waals surface area contributed by atoms with Crippen LogP contribution < -0.4 is 10.1 Å². The van der Waals surface area contributed by atoms with Crippen LogP contribution in [0.1, 0.15) is 24.5 Å². The second-order valence-electron chi connectivity index (χ2n) is 5.02. The topological polar surface area (TPSA) is 21.3 Å². The molecular weight excluding hydrogens is 246 g/mol. The van der Waals surface area contributed by atoms with Crippen molar-refractivity contribution in [1.82, 2.24) is 5.32 Å². The molecule has 2 heteroatoms. The van der Waals surface area contributed by atoms with E-state index in [0.717, 1.165) is 25.1 Å². The fraction of sp³-hybridized carbons (Fsp3) is 0.333. The molecule has 0 aliphatic heterocycles. The van der Waals surface area contributed by atoms with Gasteiger partial charge in [0.1, 0.15) is 5.75 Å². The third kappa shape index (κ3) is 4.39. The Hall–Kier alpha value is -1.80. The van der Waals surface area contributed by atoms with Gasteiger partial charge in [0.15, 0.2) is 0 Å². The van der Waals surface area contributed by atoms with E-state index < -0.39 is 0 Å². The molecule has 106 valence electrons. The molecule has 0 saturated heterocycles. The van der Waals surface area contributed by atoms with E-state index in [1.54, 1.807) is 7.11 Å². The summed E-state index contributed by atoms with van der Waals surface area (Å²) >= 11 is 0. The van der Waals surface area contributed by atoms with E-state index in [4.69, 9.17) is 4.74 Å². The Bertz CT molecular complexity index is 493. The molecule has 0 heterocycles. The summed E-state index contributed by atoms with van der Waals surface area (Å²) in [5, 5.41) is 3.63. The first-order chi connectivity index (χ1) is 9.81. The van der Waals surface area contributed by atoms with E-state index in [-0.39, 0.29) is 0 Å². The summed E-state index contributed by atoms with van der Waals surface area (Å²) in [5.41, 5.74) is 2.68. The Morgan fingerprint density at radius 2 is 1.65 bits per heavy atom. The summed E-state index contributed by atoms with van der Waals surface area (Å²) in [6.45, 7) is 3.15. The highest BCUT2D eigenvalue weighted by Gasteiger charge is 2.07. The minimum Gasteiger partial charge on any atom is -0.497 e. The van der Waals surface area contributed by atoms with Crippen LogP contribution in [-0.2, 0) is 13.0 Å². The third-order valence-electron chi connectivity index (χ3n) is 3.57. The second-order valence-corrected chi connectivity index (χ2v) is 5.02. The van der Waals surface area contributed by atoms with Crippen LogP contribution in [0.4, 0.5) is 0 Å². The summed E-state index contributed by atoms with van der Waals surface area (Å²) in [5.74, 6) is 0.916. The molecule has 1 atom stereocenters. The zero-order chi connectivity index (χ0) is 14.2. The number of hydrogen-bond acceptors (Lipinski definition) is 2. The molecule has 2 rings (SSSR count). The number of ether oxygens (including phenoxy) is 1. The molecule has 20 heavy (non-hydrogen) atoms. The summed E-state index contributed by atoms with van der Waals surface area (Å²) in [6, 6.07) is 19.4. The van der Waals surface area contributed by atoms with Gasteiger partial charge in [-0.05, 0) is 36.1 Å². The summed E-state index contributed by atoms with van der Waals surface area (Å²) in [7, 11) is 1.70. The minimum atomic E-state index is 0.503. The van der Waals surface area contributed by atoms with E-state index in [0.29, 0.717) is 6.04 Å². The monoisotopic (exact) mass is 269 g/mol. The molecule has 2 nitrogen and oxygen atoms in total. The Morgan fingerprint density at radius 3 is 2.25 bits per heavy atom. The van der Waals surface area contributed by atoms with E-state index in [1.807, 2.05) is 12.1 Å². The highest BCUT2D eigenvalue weighted by Crippen LogP contribution is 2.13. The summed E-state index contributed by atoms with van der Waals surface area (Å²) in [4.78, 5) is 0. The van der Waals surface area contributed by atoms with Crippen molar-refractivity contribution >= 4 is 0 Å². The molecule has 2 aromatic rings. The van der Waals surface area contributed by atoms with Crippen LogP contribution in [-0.4, -0.2) is 13.2 Å². The summed E-state index contributed by atoms with van der Waals surface area (Å²) in [6.07, 6.45) is 2.17. The number of nitrogens with one attached hydrogen (secondary N) is 1. The van der Waals surface area contributed by atoms with E-state index in [1.165, 1.54) is 11.1 Å². The molecular formula is C18H23NO. The van der Waals surface area contributed by atoms with Crippen molar-refractivity contribution in [2.45, 2.75) is 32.4 Å². The number of rotatable bonds is 7. The van der Waals surface area contributed by atoms with Crippen molar-refractivity contribution in [2.75, 3.05) is 7.11 Å². The van der Waals surface area contributed by atoms with Crippen molar-refractivity contribution in [3.8, 4) is 5.75 Å². The molecule has 0 saturated carbocycles. The lowest BCUT2D eigenvalue weighted by molar-refractivity contribution is 0.414. The van der Waals surface area contributed by atoms with Gasteiger partial charge in [0.25, 0.3) is 0 Å². The third-order valence-corrected chi connectivity index (χ3v) is 3.57. The minimum absolute atomic E-state index is 0.503. The van der Waals surface area contributed by atoms with Crippen molar-refractivity contribution in [3.05, 3.63) is 65.7 Å². The average molecular weight is 269 g/mol. The zero-order valence-corrected chi connectivity index (χ0v) is 12.3. The second kappa shape index (κ2) is 7.71. The molecule has 1 unspecified atom stereocenters. The Kier molecular flexibility index (Phi) is 5.63. The Balaban J connectivity index is 1.88. The quantitative estimate of drug-likeness (QED) is 0.825. The van der Waals surface area contributed by atoms with Gasteiger partial charge < -0.3 is 10.1 Å². The first-order valence-corrected chi connectivity index (χ1v) is 7.22. The average Bonchev–Trinajstić information content (AvgIpc) is 2.53. The fourth-order valence-electron chi connectivity index (χ4n) is 2.27. The van der Waals surface area contributed by atoms with Crippen LogP contribution in [0.5, 0.6) is 5.75 Å². The van der Waals surface area contributed by atoms with Crippen molar-refractivity contribution in [1.29, 1.82) is 0 Å². The van der Waals surface area contributed by atoms with Crippen LogP contribution in [0.2, 0.25) is 0 Å². The molecule has 0 aliphatic rings. The highest BCUT2D eigenvalue weighted by molar-refractivity contribution is 5.27. The van der Waals surface area contributed by atoms with Gasteiger partial charge in [-0.2, -0.15) is 0 Å². The maximum absolute atomic E-state index is 5.19. The lowest BCUT2D eigenvalue weighted by Crippen LogP contribution is -2.30. The highest BCUT2D eigenvalue weighted by atomic mass is 16.5. The maximum Gasteiger partial charge on any atom is 0.118 e. The van der Waals surface area contributed by atoms with Gasteiger partial charge in [-0.25, -0.2) is 0 Å². The van der Waals surface area contributed by atoms with Gasteiger partial charge in [0, 0.05) is 12.6 Å². The predicted octanol–water partition coefficient (Wildman–Crippen LogP) is 3.81. The smallest absolute Gasteiger partial charge is 0.118 e. The molecule has 0 fully saturated rings. The SMILES string of the molecule is CCC(Cc1ccc(OC)cc1)NCc1ccccc1. The standard InChI is InChI=1S/C18H23NO/c1-3-17(19-14-16-7-5-4-6-8-16)13-15-9-11-18(20-2)12-10-15/h4-12,17,19H,3,13-14H2,1-2H3. The van der Waals surface area contributed by atoms with Crippen LogP contribution >= 0.6 is 0 Å². The first kappa shape index (κ1) is 14.6. The maximum atomic E-state index is 5.19. The van der Waals surface area contributed by atoms with Crippen molar-refractivity contribution < 1.29 is 4.74 Å². The molecule has 0 bridgehead atoms. The molecule has 0 amide bonds. The lowest BCUT2D eigenvalue weighted by Gasteiger charge is -2.17. The van der Waals surface area contributed by atoms with Gasteiger partial charge >= 0.3 is 0 Å². The molecule has 0 aliphatic carbocycles. The Morgan fingerprint density at radius 1 is 0.950 bits per heavy atom. The molecule has 0 spiro atoms. The van der Waals surface area contributed by atoms with Gasteiger partial charge in [-0.3, -0.25) is 0 Å². The molecule has 0 aromatic heterocycles. The van der Waals surface area contributed by atoms with Crippen molar-refractivity contribution in [3.63, 3.8) is 0 Å². The first-order valence-electron chi connectivity index (χ1n) is 7.22. The van der Waals surface area contributed by atoms with Gasteiger partial charge in [0.2, 0.25) is 0 Å². The van der Waals surface area contributed by atoms with E-state index in [9.17, 15) is 0 Å². The normalized spacial score (nSPS) is 12.1. The van der Waals surface area contributed by atoms with E-state index in [2.05, 4.69) is 54.7 Å². The largest absolute Gasteiger partial charge is 0.497 e. The summed E-state index contributed by atoms with van der Waals surface area (Å²) < 4.78 is 5.19. The van der Waals surface area contributed by atoms with Gasteiger partial charge in [-0.1, -0.05) is 49.4 Å². The Labute approximate surface area is 121 Å². The van der Waals surface area contributed by atoms with Crippen LogP contribution in [0, 0.1) is 0 Å². The molecule has 2 aromatic carbocycles. The van der Waals surface area contributed by atoms with Gasteiger partial charge in [-0.15, -0.1) is 0 Å². The fourth-order valence-corrected chi connectivity index (χ4v) is 2.27. The molecule has 1 N–H and O–H groups in total. The lowest BCUT2D eigenvalue weighted by atomic mass is 10.0. The van der Waals surface area contributed by atoms with Crippen LogP contribution in [0.15, 0.2) is 54.6 Å². The number of benzene rings is 2. The zero-order valence-electron chi connectivity index (χ0n) is 12.3.